The van der Waals surface area contributed by atoms with E-state index in [1.54, 1.807) is 12.1 Å². The normalized spacial score (nSPS) is 11.2. The van der Waals surface area contributed by atoms with Crippen LogP contribution in [0.15, 0.2) is 12.1 Å². The number of nitrogen functional groups attached to an aromatic ring is 1. The van der Waals surface area contributed by atoms with Crippen LogP contribution >= 0.6 is 0 Å². The van der Waals surface area contributed by atoms with Crippen molar-refractivity contribution in [2.24, 2.45) is 0 Å². The van der Waals surface area contributed by atoms with Crippen molar-refractivity contribution in [1.29, 1.82) is 0 Å². The Labute approximate surface area is 82.4 Å². The number of nitrogens with two attached hydrogens (primary N) is 1. The first-order valence-corrected chi connectivity index (χ1v) is 6.04. The SMILES string of the molecule is CS(=O)(=O)CCNc1ccc(N)nn1. The standard InChI is InChI=1S/C7H12N4O2S/c1-14(12,13)5-4-9-7-3-2-6(8)10-11-7/h2-3H,4-5H2,1H3,(H2,8,10)(H,9,11). The summed E-state index contributed by atoms with van der Waals surface area (Å²) in [6.07, 6.45) is 1.18. The summed E-state index contributed by atoms with van der Waals surface area (Å²) in [4.78, 5) is 0. The third kappa shape index (κ3) is 4.04. The lowest BCUT2D eigenvalue weighted by atomic mass is 10.5. The highest BCUT2D eigenvalue weighted by Crippen LogP contribution is 2.01. The monoisotopic (exact) mass is 216 g/mol. The van der Waals surface area contributed by atoms with E-state index in [1.165, 1.54) is 6.26 Å². The fourth-order valence-electron chi connectivity index (χ4n) is 0.801. The molecule has 0 aliphatic rings. The van der Waals surface area contributed by atoms with Crippen LogP contribution < -0.4 is 11.1 Å². The Bertz CT molecular complexity index is 387. The summed E-state index contributed by atoms with van der Waals surface area (Å²) < 4.78 is 21.6. The van der Waals surface area contributed by atoms with Crippen LogP contribution in [0.5, 0.6) is 0 Å². The molecule has 0 spiro atoms. The molecule has 6 nitrogen and oxygen atoms in total. The zero-order valence-electron chi connectivity index (χ0n) is 7.77. The van der Waals surface area contributed by atoms with Gasteiger partial charge in [0.25, 0.3) is 0 Å². The highest BCUT2D eigenvalue weighted by atomic mass is 32.2. The Kier molecular flexibility index (Phi) is 3.23. The quantitative estimate of drug-likeness (QED) is 0.705. The first-order chi connectivity index (χ1) is 6.47. The number of rotatable bonds is 4. The summed E-state index contributed by atoms with van der Waals surface area (Å²) in [6, 6.07) is 3.24. The Hall–Kier alpha value is -1.37. The second-order valence-corrected chi connectivity index (χ2v) is 5.16. The maximum atomic E-state index is 10.8. The first-order valence-electron chi connectivity index (χ1n) is 3.98. The molecule has 0 aromatic carbocycles. The summed E-state index contributed by atoms with van der Waals surface area (Å²) in [5.41, 5.74) is 5.33. The maximum absolute atomic E-state index is 10.8. The van der Waals surface area contributed by atoms with Gasteiger partial charge in [0, 0.05) is 12.8 Å². The lowest BCUT2D eigenvalue weighted by Gasteiger charge is -2.02. The predicted octanol–water partition coefficient (Wildman–Crippen LogP) is -0.485. The van der Waals surface area contributed by atoms with Crippen LogP contribution in [0.4, 0.5) is 11.6 Å². The molecule has 0 bridgehead atoms. The van der Waals surface area contributed by atoms with Crippen LogP contribution in [-0.2, 0) is 9.84 Å². The molecular formula is C7H12N4O2S. The van der Waals surface area contributed by atoms with Crippen LogP contribution in [0, 0.1) is 0 Å². The van der Waals surface area contributed by atoms with Crippen molar-refractivity contribution in [3.8, 4) is 0 Å². The summed E-state index contributed by atoms with van der Waals surface area (Å²) >= 11 is 0. The van der Waals surface area contributed by atoms with Gasteiger partial charge in [0.1, 0.15) is 21.5 Å². The molecule has 0 aliphatic carbocycles. The van der Waals surface area contributed by atoms with Crippen LogP contribution in [0.1, 0.15) is 0 Å². The van der Waals surface area contributed by atoms with Gasteiger partial charge in [-0.3, -0.25) is 0 Å². The topological polar surface area (TPSA) is 98.0 Å². The molecule has 1 aromatic rings. The number of nitrogens with one attached hydrogen (secondary N) is 1. The molecule has 78 valence electrons. The smallest absolute Gasteiger partial charge is 0.149 e. The lowest BCUT2D eigenvalue weighted by molar-refractivity contribution is 0.602. The summed E-state index contributed by atoms with van der Waals surface area (Å²) in [7, 11) is -2.94. The average molecular weight is 216 g/mol. The molecule has 1 aromatic heterocycles. The summed E-state index contributed by atoms with van der Waals surface area (Å²) in [6.45, 7) is 0.317. The van der Waals surface area contributed by atoms with E-state index in [1.807, 2.05) is 0 Å². The second kappa shape index (κ2) is 4.23. The molecule has 0 radical (unpaired) electrons. The number of hydrogen-bond donors (Lipinski definition) is 2. The molecule has 7 heteroatoms. The van der Waals surface area contributed by atoms with E-state index in [4.69, 9.17) is 5.73 Å². The number of nitrogens with zero attached hydrogens (tertiary/aromatic N) is 2. The van der Waals surface area contributed by atoms with Gasteiger partial charge in [0.2, 0.25) is 0 Å². The Balaban J connectivity index is 2.43. The zero-order chi connectivity index (χ0) is 10.6. The van der Waals surface area contributed by atoms with Crippen molar-refractivity contribution >= 4 is 21.5 Å². The number of sulfone groups is 1. The third-order valence-electron chi connectivity index (χ3n) is 1.46. The molecule has 0 atom stereocenters. The summed E-state index contributed by atoms with van der Waals surface area (Å²) in [5.74, 6) is 0.917. The van der Waals surface area contributed by atoms with Crippen molar-refractivity contribution in [2.45, 2.75) is 0 Å². The van der Waals surface area contributed by atoms with Gasteiger partial charge in [-0.25, -0.2) is 8.42 Å². The van der Waals surface area contributed by atoms with Crippen molar-refractivity contribution in [3.05, 3.63) is 12.1 Å². The number of hydrogen-bond acceptors (Lipinski definition) is 6. The largest absolute Gasteiger partial charge is 0.382 e. The van der Waals surface area contributed by atoms with Crippen LogP contribution in [0.25, 0.3) is 0 Å². The van der Waals surface area contributed by atoms with Gasteiger partial charge in [-0.05, 0) is 12.1 Å². The highest BCUT2D eigenvalue weighted by Gasteiger charge is 2.01. The molecule has 0 unspecified atom stereocenters. The van der Waals surface area contributed by atoms with Crippen molar-refractivity contribution in [3.63, 3.8) is 0 Å². The predicted molar refractivity (Wildman–Crippen MR) is 54.6 cm³/mol. The van der Waals surface area contributed by atoms with E-state index in [9.17, 15) is 8.42 Å². The minimum atomic E-state index is -2.94. The number of aromatic nitrogens is 2. The van der Waals surface area contributed by atoms with Gasteiger partial charge in [-0.15, -0.1) is 10.2 Å². The third-order valence-corrected chi connectivity index (χ3v) is 2.41. The molecular weight excluding hydrogens is 204 g/mol. The van der Waals surface area contributed by atoms with Crippen LogP contribution in [0.3, 0.4) is 0 Å². The fraction of sp³-hybridized carbons (Fsp3) is 0.429. The molecule has 1 heterocycles. The molecule has 3 N–H and O–H groups in total. The minimum Gasteiger partial charge on any atom is -0.382 e. The van der Waals surface area contributed by atoms with Crippen LogP contribution in [-0.4, -0.2) is 37.2 Å². The van der Waals surface area contributed by atoms with Crippen molar-refractivity contribution in [1.82, 2.24) is 10.2 Å². The van der Waals surface area contributed by atoms with Gasteiger partial charge in [-0.2, -0.15) is 0 Å². The van der Waals surface area contributed by atoms with Gasteiger partial charge < -0.3 is 11.1 Å². The second-order valence-electron chi connectivity index (χ2n) is 2.90. The lowest BCUT2D eigenvalue weighted by Crippen LogP contribution is -2.15. The van der Waals surface area contributed by atoms with E-state index in [0.29, 0.717) is 18.2 Å². The first kappa shape index (κ1) is 10.7. The highest BCUT2D eigenvalue weighted by molar-refractivity contribution is 7.90. The molecule has 0 aliphatic heterocycles. The van der Waals surface area contributed by atoms with Crippen molar-refractivity contribution in [2.75, 3.05) is 29.6 Å². The molecule has 1 rings (SSSR count). The fourth-order valence-corrected chi connectivity index (χ4v) is 1.27. The molecule has 0 saturated carbocycles. The van der Waals surface area contributed by atoms with Gasteiger partial charge in [-0.1, -0.05) is 0 Å². The minimum absolute atomic E-state index is 0.0685. The van der Waals surface area contributed by atoms with Gasteiger partial charge >= 0.3 is 0 Å². The molecule has 0 saturated heterocycles. The Morgan fingerprint density at radius 1 is 1.43 bits per heavy atom. The van der Waals surface area contributed by atoms with Gasteiger partial charge in [0.05, 0.1) is 5.75 Å². The van der Waals surface area contributed by atoms with E-state index < -0.39 is 9.84 Å². The van der Waals surface area contributed by atoms with E-state index in [2.05, 4.69) is 15.5 Å². The average Bonchev–Trinajstić information content (AvgIpc) is 2.06. The zero-order valence-corrected chi connectivity index (χ0v) is 8.58. The number of anilines is 2. The van der Waals surface area contributed by atoms with Crippen LogP contribution in [0.2, 0.25) is 0 Å². The maximum Gasteiger partial charge on any atom is 0.149 e. The summed E-state index contributed by atoms with van der Waals surface area (Å²) in [5, 5.41) is 10.1. The van der Waals surface area contributed by atoms with Crippen molar-refractivity contribution < 1.29 is 8.42 Å². The molecule has 0 amide bonds. The molecule has 14 heavy (non-hydrogen) atoms. The van der Waals surface area contributed by atoms with E-state index in [0.717, 1.165) is 0 Å². The van der Waals surface area contributed by atoms with Gasteiger partial charge in [0.15, 0.2) is 0 Å². The van der Waals surface area contributed by atoms with E-state index in [-0.39, 0.29) is 5.75 Å². The Morgan fingerprint density at radius 2 is 2.14 bits per heavy atom. The Morgan fingerprint density at radius 3 is 2.64 bits per heavy atom. The molecule has 0 fully saturated rings. The van der Waals surface area contributed by atoms with E-state index >= 15 is 0 Å².